The van der Waals surface area contributed by atoms with Crippen LogP contribution in [0.25, 0.3) is 0 Å². The summed E-state index contributed by atoms with van der Waals surface area (Å²) in [7, 11) is -2.19. The Kier molecular flexibility index (Phi) is 6.26. The summed E-state index contributed by atoms with van der Waals surface area (Å²) < 4.78 is 25.4. The van der Waals surface area contributed by atoms with Crippen LogP contribution in [0.2, 0.25) is 0 Å². The van der Waals surface area contributed by atoms with Gasteiger partial charge in [-0.3, -0.25) is 9.59 Å². The van der Waals surface area contributed by atoms with Crippen LogP contribution in [-0.2, 0) is 26.0 Å². The van der Waals surface area contributed by atoms with E-state index in [9.17, 15) is 18.0 Å². The largest absolute Gasteiger partial charge is 0.347 e. The van der Waals surface area contributed by atoms with Crippen LogP contribution < -0.4 is 15.4 Å². The lowest BCUT2D eigenvalue weighted by Crippen LogP contribution is -2.33. The molecule has 2 amide bonds. The van der Waals surface area contributed by atoms with Gasteiger partial charge in [0.15, 0.2) is 0 Å². The Morgan fingerprint density at radius 1 is 0.920 bits per heavy atom. The van der Waals surface area contributed by atoms with E-state index in [1.54, 1.807) is 0 Å². The van der Waals surface area contributed by atoms with Crippen LogP contribution in [0.3, 0.4) is 0 Å². The highest BCUT2D eigenvalue weighted by molar-refractivity contribution is 7.89. The SMILES string of the molecule is CNS(=O)(=O)c1ccc(NC(=O)CNC(=O)Cc2ccccc2)cc1. The third kappa shape index (κ3) is 5.70. The van der Waals surface area contributed by atoms with Gasteiger partial charge in [-0.2, -0.15) is 0 Å². The lowest BCUT2D eigenvalue weighted by Gasteiger charge is -2.08. The quantitative estimate of drug-likeness (QED) is 0.681. The number of hydrogen-bond donors (Lipinski definition) is 3. The Morgan fingerprint density at radius 2 is 1.56 bits per heavy atom. The third-order valence-corrected chi connectivity index (χ3v) is 4.80. The molecule has 0 aliphatic heterocycles. The monoisotopic (exact) mass is 361 g/mol. The fraction of sp³-hybridized carbons (Fsp3) is 0.176. The first-order valence-corrected chi connectivity index (χ1v) is 9.03. The van der Waals surface area contributed by atoms with Gasteiger partial charge >= 0.3 is 0 Å². The Bertz CT molecular complexity index is 834. The van der Waals surface area contributed by atoms with Crippen molar-refractivity contribution < 1.29 is 18.0 Å². The van der Waals surface area contributed by atoms with Gasteiger partial charge in [0.1, 0.15) is 0 Å². The topological polar surface area (TPSA) is 104 Å². The number of sulfonamides is 1. The van der Waals surface area contributed by atoms with E-state index < -0.39 is 15.9 Å². The zero-order valence-corrected chi connectivity index (χ0v) is 14.5. The van der Waals surface area contributed by atoms with Crippen LogP contribution in [-0.4, -0.2) is 33.8 Å². The molecule has 3 N–H and O–H groups in total. The average Bonchev–Trinajstić information content (AvgIpc) is 2.61. The highest BCUT2D eigenvalue weighted by Gasteiger charge is 2.11. The number of rotatable bonds is 7. The maximum Gasteiger partial charge on any atom is 0.243 e. The standard InChI is InChI=1S/C17H19N3O4S/c1-18-25(23,24)15-9-7-14(8-10-15)20-17(22)12-19-16(21)11-13-5-3-2-4-6-13/h2-10,18H,11-12H2,1H3,(H,19,21)(H,20,22). The van der Waals surface area contributed by atoms with Crippen LogP contribution in [0.5, 0.6) is 0 Å². The van der Waals surface area contributed by atoms with Crippen LogP contribution in [0.1, 0.15) is 5.56 Å². The number of hydrogen-bond acceptors (Lipinski definition) is 4. The van der Waals surface area contributed by atoms with Crippen molar-refractivity contribution in [3.63, 3.8) is 0 Å². The number of nitrogens with one attached hydrogen (secondary N) is 3. The molecule has 0 saturated heterocycles. The first-order chi connectivity index (χ1) is 11.9. The zero-order valence-electron chi connectivity index (χ0n) is 13.7. The Labute approximate surface area is 146 Å². The molecule has 0 radical (unpaired) electrons. The van der Waals surface area contributed by atoms with Crippen molar-refractivity contribution in [3.05, 3.63) is 60.2 Å². The predicted molar refractivity (Wildman–Crippen MR) is 94.5 cm³/mol. The molecule has 0 atom stereocenters. The zero-order chi connectivity index (χ0) is 18.3. The van der Waals surface area contributed by atoms with E-state index in [4.69, 9.17) is 0 Å². The van der Waals surface area contributed by atoms with Crippen molar-refractivity contribution in [1.82, 2.24) is 10.0 Å². The second kappa shape index (κ2) is 8.41. The number of carbonyl (C=O) groups is 2. The van der Waals surface area contributed by atoms with E-state index in [1.165, 1.54) is 31.3 Å². The molecule has 7 nitrogen and oxygen atoms in total. The summed E-state index contributed by atoms with van der Waals surface area (Å²) in [4.78, 5) is 23.7. The molecular formula is C17H19N3O4S. The molecule has 0 saturated carbocycles. The van der Waals surface area contributed by atoms with Crippen molar-refractivity contribution in [1.29, 1.82) is 0 Å². The molecule has 2 aromatic carbocycles. The molecule has 25 heavy (non-hydrogen) atoms. The lowest BCUT2D eigenvalue weighted by atomic mass is 10.1. The summed E-state index contributed by atoms with van der Waals surface area (Å²) in [5.74, 6) is -0.651. The van der Waals surface area contributed by atoms with Gasteiger partial charge in [0.25, 0.3) is 0 Å². The highest BCUT2D eigenvalue weighted by Crippen LogP contribution is 2.13. The molecule has 2 rings (SSSR count). The van der Waals surface area contributed by atoms with Crippen molar-refractivity contribution >= 4 is 27.5 Å². The third-order valence-electron chi connectivity index (χ3n) is 3.37. The number of benzene rings is 2. The van der Waals surface area contributed by atoms with Crippen molar-refractivity contribution in [2.24, 2.45) is 0 Å². The lowest BCUT2D eigenvalue weighted by molar-refractivity contribution is -0.123. The van der Waals surface area contributed by atoms with Gasteiger partial charge in [-0.1, -0.05) is 30.3 Å². The van der Waals surface area contributed by atoms with E-state index in [2.05, 4.69) is 15.4 Å². The second-order valence-electron chi connectivity index (χ2n) is 5.22. The Balaban J connectivity index is 1.83. The van der Waals surface area contributed by atoms with Crippen LogP contribution in [0.15, 0.2) is 59.5 Å². The highest BCUT2D eigenvalue weighted by atomic mass is 32.2. The molecule has 0 aliphatic rings. The minimum absolute atomic E-state index is 0.101. The van der Waals surface area contributed by atoms with Gasteiger partial charge in [0.2, 0.25) is 21.8 Å². The molecule has 0 bridgehead atoms. The summed E-state index contributed by atoms with van der Waals surface area (Å²) in [6.07, 6.45) is 0.199. The average molecular weight is 361 g/mol. The summed E-state index contributed by atoms with van der Waals surface area (Å²) in [6.45, 7) is -0.164. The summed E-state index contributed by atoms with van der Waals surface area (Å²) in [5, 5.41) is 5.13. The molecule has 0 heterocycles. The van der Waals surface area contributed by atoms with Gasteiger partial charge < -0.3 is 10.6 Å². The normalized spacial score (nSPS) is 10.9. The van der Waals surface area contributed by atoms with Crippen molar-refractivity contribution in [3.8, 4) is 0 Å². The minimum atomic E-state index is -3.51. The molecule has 0 aromatic heterocycles. The fourth-order valence-corrected chi connectivity index (χ4v) is 2.79. The first kappa shape index (κ1) is 18.6. The molecule has 8 heteroatoms. The Morgan fingerprint density at radius 3 is 2.16 bits per heavy atom. The van der Waals surface area contributed by atoms with E-state index >= 15 is 0 Å². The number of anilines is 1. The molecule has 0 unspecified atom stereocenters. The molecule has 0 spiro atoms. The van der Waals surface area contributed by atoms with Gasteiger partial charge in [-0.25, -0.2) is 13.1 Å². The molecule has 0 aliphatic carbocycles. The predicted octanol–water partition coefficient (Wildman–Crippen LogP) is 0.892. The van der Waals surface area contributed by atoms with Crippen molar-refractivity contribution in [2.45, 2.75) is 11.3 Å². The van der Waals surface area contributed by atoms with Gasteiger partial charge in [0, 0.05) is 5.69 Å². The van der Waals surface area contributed by atoms with E-state index in [-0.39, 0.29) is 23.8 Å². The molecule has 132 valence electrons. The van der Waals surface area contributed by atoms with Gasteiger partial charge in [-0.15, -0.1) is 0 Å². The smallest absolute Gasteiger partial charge is 0.243 e. The summed E-state index contributed by atoms with van der Waals surface area (Å²) >= 11 is 0. The van der Waals surface area contributed by atoms with E-state index in [0.29, 0.717) is 5.69 Å². The van der Waals surface area contributed by atoms with E-state index in [1.807, 2.05) is 30.3 Å². The van der Waals surface area contributed by atoms with Crippen LogP contribution in [0, 0.1) is 0 Å². The molecular weight excluding hydrogens is 342 g/mol. The van der Waals surface area contributed by atoms with Gasteiger partial charge in [0.05, 0.1) is 17.9 Å². The maximum atomic E-state index is 11.9. The summed E-state index contributed by atoms with van der Waals surface area (Å²) in [6, 6.07) is 14.9. The fourth-order valence-electron chi connectivity index (χ4n) is 2.06. The Hall–Kier alpha value is -2.71. The maximum absolute atomic E-state index is 11.9. The second-order valence-corrected chi connectivity index (χ2v) is 7.11. The van der Waals surface area contributed by atoms with Crippen molar-refractivity contribution in [2.75, 3.05) is 18.9 Å². The minimum Gasteiger partial charge on any atom is -0.347 e. The first-order valence-electron chi connectivity index (χ1n) is 7.55. The van der Waals surface area contributed by atoms with E-state index in [0.717, 1.165) is 5.56 Å². The summed E-state index contributed by atoms with van der Waals surface area (Å²) in [5.41, 5.74) is 1.30. The number of carbonyl (C=O) groups excluding carboxylic acids is 2. The molecule has 2 aromatic rings. The molecule has 0 fully saturated rings. The van der Waals surface area contributed by atoms with Crippen LogP contribution in [0.4, 0.5) is 5.69 Å². The van der Waals surface area contributed by atoms with Crippen LogP contribution >= 0.6 is 0 Å². The number of amides is 2. The van der Waals surface area contributed by atoms with Gasteiger partial charge in [-0.05, 0) is 36.9 Å².